The number of methoxy groups -OCH3 is 1. The van der Waals surface area contributed by atoms with Crippen LogP contribution in [0.5, 0.6) is 5.75 Å². The third-order valence-electron chi connectivity index (χ3n) is 4.46. The van der Waals surface area contributed by atoms with Crippen molar-refractivity contribution in [3.8, 4) is 5.75 Å². The van der Waals surface area contributed by atoms with Crippen LogP contribution in [0, 0.1) is 5.82 Å². The fourth-order valence-corrected chi connectivity index (χ4v) is 4.62. The predicted molar refractivity (Wildman–Crippen MR) is 89.2 cm³/mol. The maximum Gasteiger partial charge on any atom is 0.165 e. The van der Waals surface area contributed by atoms with E-state index in [9.17, 15) is 8.60 Å². The Morgan fingerprint density at radius 2 is 2.14 bits per heavy atom. The summed E-state index contributed by atoms with van der Waals surface area (Å²) in [6.45, 7) is 4.04. The molecule has 0 aliphatic heterocycles. The maximum atomic E-state index is 13.5. The van der Waals surface area contributed by atoms with Gasteiger partial charge in [0.15, 0.2) is 11.6 Å². The number of ether oxygens (including phenoxy) is 1. The zero-order valence-corrected chi connectivity index (χ0v) is 14.4. The predicted octanol–water partition coefficient (Wildman–Crippen LogP) is 3.56. The minimum Gasteiger partial charge on any atom is -0.494 e. The molecule has 1 aromatic rings. The average molecular weight is 327 g/mol. The summed E-state index contributed by atoms with van der Waals surface area (Å²) in [6, 6.07) is 5.30. The van der Waals surface area contributed by atoms with Crippen LogP contribution in [0.4, 0.5) is 4.39 Å². The van der Waals surface area contributed by atoms with Crippen LogP contribution in [0.25, 0.3) is 0 Å². The second kappa shape index (κ2) is 8.06. The van der Waals surface area contributed by atoms with E-state index in [1.54, 1.807) is 12.1 Å². The summed E-state index contributed by atoms with van der Waals surface area (Å²) >= 11 is 0. The normalized spacial score (nSPS) is 24.7. The maximum absolute atomic E-state index is 13.5. The molecular weight excluding hydrogens is 301 g/mol. The van der Waals surface area contributed by atoms with Gasteiger partial charge in [0.25, 0.3) is 0 Å². The van der Waals surface area contributed by atoms with Gasteiger partial charge in [-0.15, -0.1) is 0 Å². The Morgan fingerprint density at radius 1 is 1.41 bits per heavy atom. The van der Waals surface area contributed by atoms with Crippen LogP contribution in [0.15, 0.2) is 18.2 Å². The molecule has 0 aromatic heterocycles. The molecule has 1 aliphatic carbocycles. The molecule has 1 aromatic carbocycles. The van der Waals surface area contributed by atoms with Gasteiger partial charge in [0, 0.05) is 28.6 Å². The molecule has 0 spiro atoms. The Balaban J connectivity index is 2.09. The highest BCUT2D eigenvalue weighted by atomic mass is 32.2. The van der Waals surface area contributed by atoms with Gasteiger partial charge in [-0.2, -0.15) is 0 Å². The van der Waals surface area contributed by atoms with Crippen LogP contribution in [0.1, 0.15) is 51.1 Å². The molecule has 0 unspecified atom stereocenters. The summed E-state index contributed by atoms with van der Waals surface area (Å²) in [5, 5.41) is 3.83. The van der Waals surface area contributed by atoms with Gasteiger partial charge >= 0.3 is 0 Å². The lowest BCUT2D eigenvalue weighted by Crippen LogP contribution is -2.45. The summed E-state index contributed by atoms with van der Waals surface area (Å²) in [4.78, 5) is 0. The third kappa shape index (κ3) is 4.07. The molecule has 1 aliphatic rings. The molecule has 1 fully saturated rings. The van der Waals surface area contributed by atoms with Crippen molar-refractivity contribution in [2.45, 2.75) is 56.9 Å². The first kappa shape index (κ1) is 17.4. The van der Waals surface area contributed by atoms with Gasteiger partial charge in [-0.25, -0.2) is 4.39 Å². The van der Waals surface area contributed by atoms with E-state index in [2.05, 4.69) is 12.2 Å². The topological polar surface area (TPSA) is 38.3 Å². The zero-order chi connectivity index (χ0) is 16.1. The Kier molecular flexibility index (Phi) is 6.38. The lowest BCUT2D eigenvalue weighted by molar-refractivity contribution is 0.349. The second-order valence-corrected chi connectivity index (χ2v) is 7.83. The van der Waals surface area contributed by atoms with Crippen molar-refractivity contribution >= 4 is 10.8 Å². The van der Waals surface area contributed by atoms with E-state index in [0.29, 0.717) is 5.75 Å². The summed E-state index contributed by atoms with van der Waals surface area (Å²) in [7, 11) is 0.701. The van der Waals surface area contributed by atoms with E-state index in [1.165, 1.54) is 19.6 Å². The lowest BCUT2D eigenvalue weighted by atomic mass is 9.93. The molecule has 0 saturated heterocycles. The molecule has 5 heteroatoms. The van der Waals surface area contributed by atoms with Crippen molar-refractivity contribution in [2.24, 2.45) is 0 Å². The van der Waals surface area contributed by atoms with Crippen LogP contribution in [0.3, 0.4) is 0 Å². The highest BCUT2D eigenvalue weighted by Crippen LogP contribution is 2.27. The van der Waals surface area contributed by atoms with Crippen LogP contribution in [-0.2, 0) is 10.8 Å². The molecule has 4 atom stereocenters. The number of halogens is 1. The molecule has 124 valence electrons. The second-order valence-electron chi connectivity index (χ2n) is 5.88. The zero-order valence-electron chi connectivity index (χ0n) is 13.6. The molecule has 1 N–H and O–H groups in total. The highest BCUT2D eigenvalue weighted by Gasteiger charge is 2.30. The fraction of sp³-hybridized carbons (Fsp3) is 0.647. The third-order valence-corrected chi connectivity index (χ3v) is 6.27. The van der Waals surface area contributed by atoms with E-state index < -0.39 is 10.8 Å². The van der Waals surface area contributed by atoms with Crippen molar-refractivity contribution in [2.75, 3.05) is 12.9 Å². The van der Waals surface area contributed by atoms with Gasteiger partial charge in [0.2, 0.25) is 0 Å². The molecule has 0 amide bonds. The average Bonchev–Trinajstić information content (AvgIpc) is 2.55. The van der Waals surface area contributed by atoms with Gasteiger partial charge in [0.1, 0.15) is 0 Å². The highest BCUT2D eigenvalue weighted by molar-refractivity contribution is 7.85. The molecular formula is C17H26FNO2S. The first-order valence-corrected chi connectivity index (χ1v) is 9.41. The molecule has 2 rings (SSSR count). The molecule has 0 heterocycles. The van der Waals surface area contributed by atoms with E-state index in [0.717, 1.165) is 24.8 Å². The van der Waals surface area contributed by atoms with Crippen molar-refractivity contribution in [3.63, 3.8) is 0 Å². The minimum atomic E-state index is -0.773. The Labute approximate surface area is 135 Å². The largest absolute Gasteiger partial charge is 0.494 e. The van der Waals surface area contributed by atoms with Gasteiger partial charge in [-0.1, -0.05) is 25.8 Å². The standard InChI is InChI=1S/C17H26FNO2S/c1-4-22(20)17-8-6-5-7-15(17)19-12(2)13-9-10-14(18)16(11-13)21-3/h9-12,15,17,19H,4-8H2,1-3H3/t12-,15-,17+,22+/m0/s1. The number of hydrogen-bond acceptors (Lipinski definition) is 3. The summed E-state index contributed by atoms with van der Waals surface area (Å²) in [5.74, 6) is 0.631. The van der Waals surface area contributed by atoms with Crippen LogP contribution < -0.4 is 10.1 Å². The van der Waals surface area contributed by atoms with Crippen molar-refractivity contribution in [3.05, 3.63) is 29.6 Å². The molecule has 0 bridgehead atoms. The van der Waals surface area contributed by atoms with E-state index >= 15 is 0 Å². The smallest absolute Gasteiger partial charge is 0.165 e. The Hall–Kier alpha value is -0.940. The van der Waals surface area contributed by atoms with Gasteiger partial charge in [-0.3, -0.25) is 4.21 Å². The molecule has 0 radical (unpaired) electrons. The van der Waals surface area contributed by atoms with E-state index in [4.69, 9.17) is 4.74 Å². The molecule has 1 saturated carbocycles. The molecule has 22 heavy (non-hydrogen) atoms. The Bertz CT molecular complexity index is 523. The monoisotopic (exact) mass is 327 g/mol. The van der Waals surface area contributed by atoms with Crippen LogP contribution in [-0.4, -0.2) is 28.4 Å². The van der Waals surface area contributed by atoms with Gasteiger partial charge in [-0.05, 0) is 37.5 Å². The van der Waals surface area contributed by atoms with Crippen molar-refractivity contribution < 1.29 is 13.3 Å². The SMILES string of the molecule is CC[S@@](=O)[C@@H]1CCCC[C@@H]1N[C@@H](C)c1ccc(F)c(OC)c1. The van der Waals surface area contributed by atoms with Crippen molar-refractivity contribution in [1.82, 2.24) is 5.32 Å². The number of rotatable bonds is 6. The number of benzene rings is 1. The van der Waals surface area contributed by atoms with Gasteiger partial charge in [0.05, 0.1) is 12.4 Å². The molecule has 3 nitrogen and oxygen atoms in total. The summed E-state index contributed by atoms with van der Waals surface area (Å²) in [5.41, 5.74) is 0.991. The van der Waals surface area contributed by atoms with E-state index in [1.807, 2.05) is 6.92 Å². The minimum absolute atomic E-state index is 0.0777. The number of hydrogen-bond donors (Lipinski definition) is 1. The quantitative estimate of drug-likeness (QED) is 0.868. The first-order chi connectivity index (χ1) is 10.6. The summed E-state index contributed by atoms with van der Waals surface area (Å²) in [6.07, 6.45) is 4.42. The van der Waals surface area contributed by atoms with Crippen LogP contribution >= 0.6 is 0 Å². The first-order valence-electron chi connectivity index (χ1n) is 8.03. The van der Waals surface area contributed by atoms with E-state index in [-0.39, 0.29) is 28.9 Å². The Morgan fingerprint density at radius 3 is 2.82 bits per heavy atom. The fourth-order valence-electron chi connectivity index (χ4n) is 3.18. The van der Waals surface area contributed by atoms with Crippen LogP contribution in [0.2, 0.25) is 0 Å². The number of nitrogens with one attached hydrogen (secondary N) is 1. The van der Waals surface area contributed by atoms with Gasteiger partial charge < -0.3 is 10.1 Å². The summed E-state index contributed by atoms with van der Waals surface area (Å²) < 4.78 is 30.8. The van der Waals surface area contributed by atoms with Crippen molar-refractivity contribution in [1.29, 1.82) is 0 Å². The lowest BCUT2D eigenvalue weighted by Gasteiger charge is -2.34.